The third-order valence-electron chi connectivity index (χ3n) is 13.7. The molecule has 70 heavy (non-hydrogen) atoms. The third-order valence-corrected chi connectivity index (χ3v) is 16.2. The molecule has 6 aromatic rings. The summed E-state index contributed by atoms with van der Waals surface area (Å²) in [5, 5.41) is 12.2. The second-order valence-electron chi connectivity index (χ2n) is 18.9. The number of anilines is 1. The molecule has 15 heteroatoms. The van der Waals surface area contributed by atoms with Gasteiger partial charge < -0.3 is 20.1 Å². The number of sulfonamides is 1. The van der Waals surface area contributed by atoms with E-state index in [9.17, 15) is 44.7 Å². The molecule has 3 aliphatic rings. The van der Waals surface area contributed by atoms with E-state index >= 15 is 0 Å². The maximum absolute atomic E-state index is 14.0. The average Bonchev–Trinajstić information content (AvgIpc) is 4.29. The molecule has 8 nitrogen and oxygen atoms in total. The monoisotopic (exact) mass is 989 g/mol. The second kappa shape index (κ2) is 21.9. The van der Waals surface area contributed by atoms with E-state index in [4.69, 9.17) is 10.5 Å². The van der Waals surface area contributed by atoms with E-state index in [-0.39, 0.29) is 18.7 Å². The van der Waals surface area contributed by atoms with Crippen LogP contribution in [-0.4, -0.2) is 54.5 Å². The highest BCUT2D eigenvalue weighted by atomic mass is 32.2. The smallest absolute Gasteiger partial charge is 0.393 e. The van der Waals surface area contributed by atoms with Crippen LogP contribution < -0.4 is 10.0 Å². The van der Waals surface area contributed by atoms with Crippen LogP contribution in [0.5, 0.6) is 0 Å². The average molecular weight is 990 g/mol. The minimum Gasteiger partial charge on any atom is -0.393 e. The predicted octanol–water partition coefficient (Wildman–Crippen LogP) is 11.8. The molecule has 2 fully saturated rings. The van der Waals surface area contributed by atoms with E-state index in [2.05, 4.69) is 37.3 Å². The number of alkyl halides is 6. The summed E-state index contributed by atoms with van der Waals surface area (Å²) in [6, 6.07) is 33.9. The molecule has 2 aliphatic heterocycles. The number of epoxide rings is 1. The number of Topliss-reactive ketones (excluding diaryl/α,β-unsaturated/α-hetero) is 1. The lowest BCUT2D eigenvalue weighted by Crippen LogP contribution is -2.38. The molecule has 0 unspecified atom stereocenters. The number of hydrogen-bond donors (Lipinski definition) is 2. The molecule has 1 aliphatic carbocycles. The number of nitrogens with two attached hydrogens (primary N) is 1. The standard InChI is InChI=1S/C36H39F3N2O4S.C11H14O.C8H8F3N/c1-3-26-22-41-23-35(15-16-35)46(44,45)40(2)31-20-28(19-30(26)34(31)41)33(43)21-27(17-24-9-5-4-6-10-24)32(42)14-8-12-25-11-7-13-29(18-25)36(37,38)39;1-9(11-8-12-11)7-10-5-3-2-4-6-10;9-8(10,11)7-3-1-2-6(4-7)5-12/h4-7,9-11,13,18-20,22,27,32,42H,3,8,12,14-17,21,23H2,1-2H3;2-6,9,11H,7-8H2,1H3;1-4H,5,12H2/t27-,32-;9-,11+;/m10./s1. The van der Waals surface area contributed by atoms with Gasteiger partial charge in [0.1, 0.15) is 4.75 Å². The summed E-state index contributed by atoms with van der Waals surface area (Å²) < 4.78 is 111. The Bertz CT molecular complexity index is 2830. The molecule has 5 aromatic carbocycles. The predicted molar refractivity (Wildman–Crippen MR) is 262 cm³/mol. The molecule has 1 saturated carbocycles. The number of ether oxygens (including phenoxy) is 1. The number of rotatable bonds is 15. The van der Waals surface area contributed by atoms with Gasteiger partial charge in [0.05, 0.1) is 41.1 Å². The van der Waals surface area contributed by atoms with E-state index in [0.29, 0.717) is 79.5 Å². The first-order valence-corrected chi connectivity index (χ1v) is 25.2. The van der Waals surface area contributed by atoms with Crippen LogP contribution in [0.25, 0.3) is 10.9 Å². The molecule has 0 radical (unpaired) electrons. The van der Waals surface area contributed by atoms with Crippen LogP contribution in [0, 0.1) is 11.8 Å². The zero-order chi connectivity index (χ0) is 50.4. The highest BCUT2D eigenvalue weighted by Gasteiger charge is 2.58. The Labute approximate surface area is 406 Å². The highest BCUT2D eigenvalue weighted by molar-refractivity contribution is 7.94. The van der Waals surface area contributed by atoms with Crippen LogP contribution in [0.4, 0.5) is 32.0 Å². The van der Waals surface area contributed by atoms with Gasteiger partial charge in [-0.25, -0.2) is 8.42 Å². The Balaban J connectivity index is 0.000000243. The molecule has 3 heterocycles. The van der Waals surface area contributed by atoms with Crippen LogP contribution in [-0.2, 0) is 65.9 Å². The SMILES string of the molecule is CCc1cn2c3c(cc(C(=O)C[C@@H](Cc4ccccc4)[C@H](O)CCCc4cccc(C(F)(F)F)c4)cc13)N(C)S(=O)(=O)C1(CC1)C2.C[C@@H](Cc1ccccc1)[C@H]1CO1.NCc1cccc(C(F)(F)F)c1. The number of aromatic nitrogens is 1. The fraction of sp³-hybridized carbons (Fsp3) is 0.400. The molecule has 9 rings (SSSR count). The summed E-state index contributed by atoms with van der Waals surface area (Å²) in [5.41, 5.74) is 10.0. The van der Waals surface area contributed by atoms with Gasteiger partial charge in [-0.1, -0.05) is 111 Å². The lowest BCUT2D eigenvalue weighted by Gasteiger charge is -2.24. The summed E-state index contributed by atoms with van der Waals surface area (Å²) in [5.74, 6) is 0.0343. The molecule has 1 spiro atoms. The molecule has 3 N–H and O–H groups in total. The minimum atomic E-state index is -4.42. The normalized spacial score (nSPS) is 17.9. The molecule has 1 saturated heterocycles. The van der Waals surface area contributed by atoms with Crippen molar-refractivity contribution in [1.29, 1.82) is 0 Å². The maximum Gasteiger partial charge on any atom is 0.416 e. The maximum atomic E-state index is 14.0. The Morgan fingerprint density at radius 3 is 1.91 bits per heavy atom. The Kier molecular flexibility index (Phi) is 16.4. The van der Waals surface area contributed by atoms with E-state index < -0.39 is 50.3 Å². The molecule has 1 aromatic heterocycles. The van der Waals surface area contributed by atoms with E-state index in [1.165, 1.54) is 22.0 Å². The van der Waals surface area contributed by atoms with Gasteiger partial charge in [0, 0.05) is 43.7 Å². The van der Waals surface area contributed by atoms with Gasteiger partial charge in [0.25, 0.3) is 0 Å². The Morgan fingerprint density at radius 1 is 0.814 bits per heavy atom. The van der Waals surface area contributed by atoms with E-state index in [1.54, 1.807) is 25.2 Å². The number of nitrogens with zero attached hydrogens (tertiary/aromatic N) is 2. The summed E-state index contributed by atoms with van der Waals surface area (Å²) in [6.45, 7) is 5.78. The van der Waals surface area contributed by atoms with Gasteiger partial charge in [-0.15, -0.1) is 0 Å². The summed E-state index contributed by atoms with van der Waals surface area (Å²) in [4.78, 5) is 14.0. The summed E-state index contributed by atoms with van der Waals surface area (Å²) >= 11 is 0. The number of hydrogen-bond acceptors (Lipinski definition) is 6. The van der Waals surface area contributed by atoms with Gasteiger partial charge in [-0.3, -0.25) is 9.10 Å². The van der Waals surface area contributed by atoms with Crippen molar-refractivity contribution in [2.45, 2.75) is 114 Å². The fourth-order valence-corrected chi connectivity index (χ4v) is 11.2. The van der Waals surface area contributed by atoms with Gasteiger partial charge in [0.2, 0.25) is 10.0 Å². The summed E-state index contributed by atoms with van der Waals surface area (Å²) in [7, 11) is -2.07. The first kappa shape index (κ1) is 52.3. The Morgan fingerprint density at radius 2 is 1.37 bits per heavy atom. The highest BCUT2D eigenvalue weighted by Crippen LogP contribution is 2.51. The number of aryl methyl sites for hydroxylation is 2. The first-order chi connectivity index (χ1) is 33.2. The van der Waals surface area contributed by atoms with Crippen LogP contribution in [0.15, 0.2) is 128 Å². The lowest BCUT2D eigenvalue weighted by molar-refractivity contribution is -0.138. The van der Waals surface area contributed by atoms with Crippen molar-refractivity contribution in [3.8, 4) is 0 Å². The number of halogens is 6. The lowest BCUT2D eigenvalue weighted by atomic mass is 9.85. The number of aliphatic hydroxyl groups excluding tert-OH is 1. The molecule has 4 atom stereocenters. The van der Waals surface area contributed by atoms with Crippen LogP contribution in [0.2, 0.25) is 0 Å². The van der Waals surface area contributed by atoms with Crippen molar-refractivity contribution < 1.29 is 49.4 Å². The van der Waals surface area contributed by atoms with Crippen LogP contribution >= 0.6 is 0 Å². The first-order valence-electron chi connectivity index (χ1n) is 23.8. The van der Waals surface area contributed by atoms with Gasteiger partial charge in [0.15, 0.2) is 5.78 Å². The van der Waals surface area contributed by atoms with Crippen LogP contribution in [0.3, 0.4) is 0 Å². The molecule has 0 bridgehead atoms. The minimum absolute atomic E-state index is 0.0349. The van der Waals surface area contributed by atoms with Crippen molar-refractivity contribution in [3.63, 3.8) is 0 Å². The van der Waals surface area contributed by atoms with E-state index in [1.807, 2.05) is 54.1 Å². The third kappa shape index (κ3) is 12.7. The van der Waals surface area contributed by atoms with Crippen molar-refractivity contribution in [2.24, 2.45) is 17.6 Å². The quantitative estimate of drug-likeness (QED) is 0.0601. The van der Waals surface area contributed by atoms with Crippen molar-refractivity contribution >= 4 is 32.4 Å². The number of ketones is 1. The molecular weight excluding hydrogens is 929 g/mol. The molecular formula is C55H61F6N3O5S. The number of carbonyl (C=O) groups is 1. The van der Waals surface area contributed by atoms with Crippen molar-refractivity contribution in [2.75, 3.05) is 18.0 Å². The topological polar surface area (TPSA) is 118 Å². The van der Waals surface area contributed by atoms with Crippen LogP contribution in [0.1, 0.15) is 95.3 Å². The number of aliphatic hydroxyl groups is 1. The van der Waals surface area contributed by atoms with Crippen molar-refractivity contribution in [3.05, 3.63) is 172 Å². The second-order valence-corrected chi connectivity index (χ2v) is 21.2. The zero-order valence-corrected chi connectivity index (χ0v) is 40.5. The van der Waals surface area contributed by atoms with Gasteiger partial charge in [-0.05, 0) is 115 Å². The zero-order valence-electron chi connectivity index (χ0n) is 39.6. The molecule has 0 amide bonds. The largest absolute Gasteiger partial charge is 0.416 e. The van der Waals surface area contributed by atoms with Gasteiger partial charge >= 0.3 is 12.4 Å². The number of benzene rings is 5. The summed E-state index contributed by atoms with van der Waals surface area (Å²) in [6.07, 6.45) is -2.32. The van der Waals surface area contributed by atoms with E-state index in [0.717, 1.165) is 65.7 Å². The Hall–Kier alpha value is -5.48. The fourth-order valence-electron chi connectivity index (χ4n) is 9.31. The van der Waals surface area contributed by atoms with Crippen molar-refractivity contribution in [1.82, 2.24) is 4.57 Å². The van der Waals surface area contributed by atoms with Gasteiger partial charge in [-0.2, -0.15) is 26.3 Å². The molecule has 374 valence electrons. The number of carbonyl (C=O) groups excluding carboxylic acids is 1.